The van der Waals surface area contributed by atoms with Gasteiger partial charge in [0.1, 0.15) is 17.4 Å². The van der Waals surface area contributed by atoms with Gasteiger partial charge in [-0.05, 0) is 46.3 Å². The van der Waals surface area contributed by atoms with Crippen molar-refractivity contribution in [2.45, 2.75) is 0 Å². The summed E-state index contributed by atoms with van der Waals surface area (Å²) in [6.07, 6.45) is 0. The van der Waals surface area contributed by atoms with Crippen molar-refractivity contribution in [2.75, 3.05) is 0 Å². The summed E-state index contributed by atoms with van der Waals surface area (Å²) >= 11 is 3.22. The van der Waals surface area contributed by atoms with Crippen LogP contribution >= 0.6 is 15.9 Å². The Morgan fingerprint density at radius 1 is 1.29 bits per heavy atom. The van der Waals surface area contributed by atoms with Crippen molar-refractivity contribution >= 4 is 15.9 Å². The molecule has 0 aliphatic carbocycles. The molecule has 3 nitrogen and oxygen atoms in total. The molecule has 2 rings (SSSR count). The van der Waals surface area contributed by atoms with Gasteiger partial charge in [0, 0.05) is 15.7 Å². The van der Waals surface area contributed by atoms with Gasteiger partial charge in [0.15, 0.2) is 0 Å². The van der Waals surface area contributed by atoms with Crippen LogP contribution in [-0.4, -0.2) is 4.98 Å². The Balaban J connectivity index is 2.58. The van der Waals surface area contributed by atoms with E-state index in [1.165, 1.54) is 18.2 Å². The molecule has 1 N–H and O–H groups in total. The topological polar surface area (TPSA) is 56.6 Å². The number of H-pyrrole nitrogens is 1. The van der Waals surface area contributed by atoms with Crippen molar-refractivity contribution in [1.29, 1.82) is 5.26 Å². The lowest BCUT2D eigenvalue weighted by Crippen LogP contribution is -2.10. The lowest BCUT2D eigenvalue weighted by atomic mass is 10.1. The predicted molar refractivity (Wildman–Crippen MR) is 64.9 cm³/mol. The molecule has 17 heavy (non-hydrogen) atoms. The van der Waals surface area contributed by atoms with Crippen LogP contribution in [-0.2, 0) is 0 Å². The van der Waals surface area contributed by atoms with Crippen molar-refractivity contribution in [2.24, 2.45) is 0 Å². The van der Waals surface area contributed by atoms with Crippen molar-refractivity contribution < 1.29 is 4.39 Å². The number of benzene rings is 1. The molecule has 5 heteroatoms. The number of aromatic nitrogens is 1. The van der Waals surface area contributed by atoms with Crippen LogP contribution in [0.2, 0.25) is 0 Å². The Hall–Kier alpha value is -1.93. The van der Waals surface area contributed by atoms with Crippen LogP contribution in [0.25, 0.3) is 11.3 Å². The van der Waals surface area contributed by atoms with Crippen LogP contribution in [0.5, 0.6) is 0 Å². The minimum Gasteiger partial charge on any atom is -0.321 e. The van der Waals surface area contributed by atoms with Crippen LogP contribution in [0.15, 0.2) is 39.6 Å². The zero-order valence-corrected chi connectivity index (χ0v) is 10.1. The van der Waals surface area contributed by atoms with Gasteiger partial charge in [-0.1, -0.05) is 0 Å². The first-order chi connectivity index (χ1) is 8.11. The molecule has 2 aromatic rings. The van der Waals surface area contributed by atoms with E-state index in [-0.39, 0.29) is 11.4 Å². The maximum absolute atomic E-state index is 12.9. The molecule has 1 heterocycles. The Bertz CT molecular complexity index is 673. The van der Waals surface area contributed by atoms with Gasteiger partial charge in [0.25, 0.3) is 5.56 Å². The largest absolute Gasteiger partial charge is 0.321 e. The van der Waals surface area contributed by atoms with Gasteiger partial charge in [-0.25, -0.2) is 4.39 Å². The third-order valence-electron chi connectivity index (χ3n) is 2.25. The Labute approximate surface area is 105 Å². The van der Waals surface area contributed by atoms with Crippen molar-refractivity contribution in [3.05, 3.63) is 56.5 Å². The number of nitrogens with zero attached hydrogens (tertiary/aromatic N) is 1. The molecule has 1 aromatic carbocycles. The molecule has 0 saturated heterocycles. The summed E-state index contributed by atoms with van der Waals surface area (Å²) in [6.45, 7) is 0. The normalized spacial score (nSPS) is 9.94. The van der Waals surface area contributed by atoms with Crippen LogP contribution in [0.3, 0.4) is 0 Å². The summed E-state index contributed by atoms with van der Waals surface area (Å²) in [5.41, 5.74) is 0.780. The van der Waals surface area contributed by atoms with E-state index >= 15 is 0 Å². The Morgan fingerprint density at radius 2 is 2.06 bits per heavy atom. The standard InChI is InChI=1S/C12H6BrFN2O/c13-10-5-8(14)2-3-9(10)11-4-1-7(6-15)12(17)16-11/h1-5H,(H,16,17). The molecule has 0 amide bonds. The molecule has 84 valence electrons. The summed E-state index contributed by atoms with van der Waals surface area (Å²) < 4.78 is 13.5. The van der Waals surface area contributed by atoms with Gasteiger partial charge < -0.3 is 4.98 Å². The van der Waals surface area contributed by atoms with Crippen molar-refractivity contribution in [1.82, 2.24) is 4.98 Å². The SMILES string of the molecule is N#Cc1ccc(-c2ccc(F)cc2Br)[nH]c1=O. The molecule has 0 radical (unpaired) electrons. The number of nitrogens with one attached hydrogen (secondary N) is 1. The molecule has 1 aromatic heterocycles. The summed E-state index contributed by atoms with van der Waals surface area (Å²) in [6, 6.07) is 8.99. The number of hydrogen-bond acceptors (Lipinski definition) is 2. The van der Waals surface area contributed by atoms with Crippen LogP contribution in [0, 0.1) is 17.1 Å². The van der Waals surface area contributed by atoms with E-state index in [4.69, 9.17) is 5.26 Å². The number of aromatic amines is 1. The lowest BCUT2D eigenvalue weighted by Gasteiger charge is -2.04. The third kappa shape index (κ3) is 2.27. The first kappa shape index (κ1) is 11.6. The molecule has 0 aliphatic rings. The quantitative estimate of drug-likeness (QED) is 0.879. The number of hydrogen-bond donors (Lipinski definition) is 1. The lowest BCUT2D eigenvalue weighted by molar-refractivity contribution is 0.627. The summed E-state index contributed by atoms with van der Waals surface area (Å²) in [5, 5.41) is 8.64. The molecule has 0 fully saturated rings. The van der Waals surface area contributed by atoms with Crippen LogP contribution in [0.4, 0.5) is 4.39 Å². The fraction of sp³-hybridized carbons (Fsp3) is 0. The third-order valence-corrected chi connectivity index (χ3v) is 2.91. The molecular weight excluding hydrogens is 287 g/mol. The van der Waals surface area contributed by atoms with Gasteiger partial charge in [0.2, 0.25) is 0 Å². The molecule has 0 aliphatic heterocycles. The first-order valence-corrected chi connectivity index (χ1v) is 5.50. The van der Waals surface area contributed by atoms with E-state index in [0.717, 1.165) is 0 Å². The summed E-state index contributed by atoms with van der Waals surface area (Å²) in [4.78, 5) is 14.0. The zero-order valence-electron chi connectivity index (χ0n) is 8.50. The van der Waals surface area contributed by atoms with Crippen LogP contribution < -0.4 is 5.56 Å². The number of nitriles is 1. The molecule has 0 saturated carbocycles. The molecule has 0 unspecified atom stereocenters. The Kier molecular flexibility index (Phi) is 3.07. The average molecular weight is 293 g/mol. The van der Waals surface area contributed by atoms with E-state index in [1.807, 2.05) is 0 Å². The highest BCUT2D eigenvalue weighted by atomic mass is 79.9. The number of halogens is 2. The number of pyridine rings is 1. The van der Waals surface area contributed by atoms with Gasteiger partial charge in [-0.2, -0.15) is 5.26 Å². The zero-order chi connectivity index (χ0) is 12.4. The van der Waals surface area contributed by atoms with Crippen LogP contribution in [0.1, 0.15) is 5.56 Å². The summed E-state index contributed by atoms with van der Waals surface area (Å²) in [7, 11) is 0. The minimum absolute atomic E-state index is 0.0481. The van der Waals surface area contributed by atoms with E-state index in [2.05, 4.69) is 20.9 Å². The van der Waals surface area contributed by atoms with E-state index < -0.39 is 5.56 Å². The minimum atomic E-state index is -0.457. The maximum atomic E-state index is 12.9. The van der Waals surface area contributed by atoms with Gasteiger partial charge >= 0.3 is 0 Å². The van der Waals surface area contributed by atoms with E-state index in [9.17, 15) is 9.18 Å². The fourth-order valence-corrected chi connectivity index (χ4v) is 1.99. The highest BCUT2D eigenvalue weighted by molar-refractivity contribution is 9.10. The second-order valence-corrected chi connectivity index (χ2v) is 4.21. The fourth-order valence-electron chi connectivity index (χ4n) is 1.43. The number of rotatable bonds is 1. The highest BCUT2D eigenvalue weighted by Crippen LogP contribution is 2.26. The maximum Gasteiger partial charge on any atom is 0.266 e. The van der Waals surface area contributed by atoms with E-state index in [1.54, 1.807) is 18.2 Å². The second kappa shape index (κ2) is 4.52. The molecule has 0 spiro atoms. The summed E-state index contributed by atoms with van der Waals surface area (Å²) in [5.74, 6) is -0.364. The monoisotopic (exact) mass is 292 g/mol. The highest BCUT2D eigenvalue weighted by Gasteiger charge is 2.06. The predicted octanol–water partition coefficient (Wildman–Crippen LogP) is 2.82. The van der Waals surface area contributed by atoms with Crippen molar-refractivity contribution in [3.8, 4) is 17.3 Å². The van der Waals surface area contributed by atoms with Gasteiger partial charge in [-0.3, -0.25) is 4.79 Å². The molecule has 0 atom stereocenters. The average Bonchev–Trinajstić information content (AvgIpc) is 2.29. The van der Waals surface area contributed by atoms with Gasteiger partial charge in [0.05, 0.1) is 0 Å². The smallest absolute Gasteiger partial charge is 0.266 e. The Morgan fingerprint density at radius 3 is 2.65 bits per heavy atom. The second-order valence-electron chi connectivity index (χ2n) is 3.35. The van der Waals surface area contributed by atoms with Gasteiger partial charge in [-0.15, -0.1) is 0 Å². The molecule has 0 bridgehead atoms. The van der Waals surface area contributed by atoms with Crippen molar-refractivity contribution in [3.63, 3.8) is 0 Å². The first-order valence-electron chi connectivity index (χ1n) is 4.70. The molecular formula is C12H6BrFN2O. The van der Waals surface area contributed by atoms with E-state index in [0.29, 0.717) is 15.7 Å².